The summed E-state index contributed by atoms with van der Waals surface area (Å²) in [7, 11) is 0. The van der Waals surface area contributed by atoms with Gasteiger partial charge in [0.2, 0.25) is 0 Å². The Kier molecular flexibility index (Phi) is 3.55. The molecule has 114 valence electrons. The minimum absolute atomic E-state index is 0.198. The summed E-state index contributed by atoms with van der Waals surface area (Å²) in [6.45, 7) is 2.83. The Morgan fingerprint density at radius 3 is 2.67 bits per heavy atom. The third kappa shape index (κ3) is 3.14. The van der Waals surface area contributed by atoms with Crippen LogP contribution in [0.1, 0.15) is 36.8 Å². The van der Waals surface area contributed by atoms with Gasteiger partial charge in [0.1, 0.15) is 0 Å². The summed E-state index contributed by atoms with van der Waals surface area (Å²) >= 11 is 0. The van der Waals surface area contributed by atoms with Crippen molar-refractivity contribution in [2.75, 3.05) is 6.54 Å². The molecule has 1 saturated carbocycles. The van der Waals surface area contributed by atoms with Gasteiger partial charge in [-0.05, 0) is 37.3 Å². The molecule has 1 fully saturated rings. The number of nitrogens with zero attached hydrogens (tertiary/aromatic N) is 1. The van der Waals surface area contributed by atoms with Crippen molar-refractivity contribution in [1.29, 1.82) is 0 Å². The van der Waals surface area contributed by atoms with Crippen LogP contribution in [0.4, 0.5) is 13.2 Å². The number of rotatable bonds is 2. The second-order valence-corrected chi connectivity index (χ2v) is 5.87. The van der Waals surface area contributed by atoms with Crippen LogP contribution in [0, 0.1) is 0 Å². The molecule has 6 heteroatoms. The second-order valence-electron chi connectivity index (χ2n) is 5.87. The lowest BCUT2D eigenvalue weighted by Gasteiger charge is -2.37. The number of halogens is 3. The minimum atomic E-state index is -4.27. The van der Waals surface area contributed by atoms with Crippen molar-refractivity contribution in [2.24, 2.45) is 4.99 Å². The maximum absolute atomic E-state index is 12.7. The number of hydrogen-bond donors (Lipinski definition) is 2. The van der Waals surface area contributed by atoms with Crippen molar-refractivity contribution in [2.45, 2.75) is 43.9 Å². The van der Waals surface area contributed by atoms with E-state index in [-0.39, 0.29) is 5.92 Å². The summed E-state index contributed by atoms with van der Waals surface area (Å²) in [5.74, 6) is 1.01. The van der Waals surface area contributed by atoms with Crippen LogP contribution in [0.2, 0.25) is 0 Å². The zero-order chi connectivity index (χ0) is 15.0. The van der Waals surface area contributed by atoms with Gasteiger partial charge in [-0.15, -0.1) is 0 Å². The third-order valence-electron chi connectivity index (χ3n) is 4.07. The monoisotopic (exact) mass is 297 g/mol. The molecule has 1 heterocycles. The highest BCUT2D eigenvalue weighted by molar-refractivity contribution is 5.82. The first-order valence-corrected chi connectivity index (χ1v) is 7.16. The lowest BCUT2D eigenvalue weighted by Crippen LogP contribution is -2.48. The largest absolute Gasteiger partial charge is 0.416 e. The molecule has 0 bridgehead atoms. The summed E-state index contributed by atoms with van der Waals surface area (Å²) in [4.78, 5) is 4.33. The van der Waals surface area contributed by atoms with E-state index in [1.807, 2.05) is 0 Å². The highest BCUT2D eigenvalue weighted by Gasteiger charge is 2.34. The van der Waals surface area contributed by atoms with E-state index in [0.29, 0.717) is 12.1 Å². The zero-order valence-corrected chi connectivity index (χ0v) is 11.7. The smallest absolute Gasteiger partial charge is 0.354 e. The molecule has 3 rings (SSSR count). The molecule has 0 spiro atoms. The maximum Gasteiger partial charge on any atom is 0.416 e. The van der Waals surface area contributed by atoms with Crippen molar-refractivity contribution in [3.05, 3.63) is 35.4 Å². The van der Waals surface area contributed by atoms with Gasteiger partial charge in [-0.1, -0.05) is 18.2 Å². The maximum atomic E-state index is 12.7. The van der Waals surface area contributed by atoms with Crippen molar-refractivity contribution in [3.8, 4) is 0 Å². The first-order valence-electron chi connectivity index (χ1n) is 7.16. The van der Waals surface area contributed by atoms with Gasteiger partial charge in [0, 0.05) is 12.1 Å². The Bertz CT molecular complexity index is 547. The molecular formula is C15H18F3N3. The van der Waals surface area contributed by atoms with Crippen LogP contribution in [0.3, 0.4) is 0 Å². The van der Waals surface area contributed by atoms with Crippen molar-refractivity contribution >= 4 is 5.96 Å². The standard InChI is InChI=1S/C15H18F3N3/c1-9-8-19-14(20-9)21-13-6-11(7-13)10-3-2-4-12(5-10)15(16,17)18/h2-5,9,11,13H,6-8H2,1H3,(H2,19,20,21). The number of nitrogens with one attached hydrogen (secondary N) is 2. The molecule has 1 aromatic rings. The zero-order valence-electron chi connectivity index (χ0n) is 11.7. The molecule has 3 nitrogen and oxygen atoms in total. The molecular weight excluding hydrogens is 279 g/mol. The Morgan fingerprint density at radius 2 is 2.05 bits per heavy atom. The SMILES string of the molecule is CC1CN=C(NC2CC(c3cccc(C(F)(F)F)c3)C2)N1. The lowest BCUT2D eigenvalue weighted by atomic mass is 9.75. The average Bonchev–Trinajstić information content (AvgIpc) is 2.78. The third-order valence-corrected chi connectivity index (χ3v) is 4.07. The van der Waals surface area contributed by atoms with Crippen LogP contribution in [0.15, 0.2) is 29.3 Å². The fraction of sp³-hybridized carbons (Fsp3) is 0.533. The van der Waals surface area contributed by atoms with E-state index in [2.05, 4.69) is 22.5 Å². The molecule has 1 unspecified atom stereocenters. The fourth-order valence-electron chi connectivity index (χ4n) is 2.81. The Balaban J connectivity index is 1.57. The van der Waals surface area contributed by atoms with Crippen LogP contribution < -0.4 is 10.6 Å². The molecule has 1 aliphatic heterocycles. The topological polar surface area (TPSA) is 36.4 Å². The van der Waals surface area contributed by atoms with E-state index in [0.717, 1.165) is 37.0 Å². The minimum Gasteiger partial charge on any atom is -0.354 e. The molecule has 0 aromatic heterocycles. The van der Waals surface area contributed by atoms with E-state index < -0.39 is 11.7 Å². The summed E-state index contributed by atoms with van der Waals surface area (Å²) in [6, 6.07) is 6.31. The summed E-state index contributed by atoms with van der Waals surface area (Å²) in [6.07, 6.45) is -2.58. The van der Waals surface area contributed by atoms with Crippen LogP contribution in [0.25, 0.3) is 0 Å². The van der Waals surface area contributed by atoms with Gasteiger partial charge in [-0.2, -0.15) is 13.2 Å². The molecule has 21 heavy (non-hydrogen) atoms. The molecule has 2 N–H and O–H groups in total. The van der Waals surface area contributed by atoms with Crippen molar-refractivity contribution in [3.63, 3.8) is 0 Å². The first kappa shape index (κ1) is 14.2. The number of guanidine groups is 1. The first-order chi connectivity index (χ1) is 9.91. The molecule has 1 atom stereocenters. The highest BCUT2D eigenvalue weighted by Crippen LogP contribution is 2.39. The van der Waals surface area contributed by atoms with Crippen LogP contribution in [-0.4, -0.2) is 24.6 Å². The molecule has 0 amide bonds. The van der Waals surface area contributed by atoms with Gasteiger partial charge in [0.05, 0.1) is 12.1 Å². The van der Waals surface area contributed by atoms with Gasteiger partial charge < -0.3 is 10.6 Å². The molecule has 0 radical (unpaired) electrons. The quantitative estimate of drug-likeness (QED) is 0.880. The van der Waals surface area contributed by atoms with E-state index in [1.54, 1.807) is 6.07 Å². The van der Waals surface area contributed by atoms with Gasteiger partial charge in [0.15, 0.2) is 5.96 Å². The van der Waals surface area contributed by atoms with Crippen molar-refractivity contribution < 1.29 is 13.2 Å². The predicted molar refractivity (Wildman–Crippen MR) is 75.2 cm³/mol. The molecule has 1 aliphatic carbocycles. The second kappa shape index (κ2) is 5.24. The summed E-state index contributed by atoms with van der Waals surface area (Å²) < 4.78 is 38.1. The molecule has 2 aliphatic rings. The van der Waals surface area contributed by atoms with E-state index in [1.165, 1.54) is 12.1 Å². The van der Waals surface area contributed by atoms with Gasteiger partial charge in [-0.25, -0.2) is 0 Å². The van der Waals surface area contributed by atoms with E-state index in [9.17, 15) is 13.2 Å². The summed E-state index contributed by atoms with van der Waals surface area (Å²) in [5, 5.41) is 6.53. The Morgan fingerprint density at radius 1 is 1.29 bits per heavy atom. The summed E-state index contributed by atoms with van der Waals surface area (Å²) in [5.41, 5.74) is 0.213. The number of aliphatic imine (C=N–C) groups is 1. The molecule has 0 saturated heterocycles. The van der Waals surface area contributed by atoms with E-state index >= 15 is 0 Å². The van der Waals surface area contributed by atoms with Crippen molar-refractivity contribution in [1.82, 2.24) is 10.6 Å². The predicted octanol–water partition coefficient (Wildman–Crippen LogP) is 2.89. The lowest BCUT2D eigenvalue weighted by molar-refractivity contribution is -0.137. The number of benzene rings is 1. The molecule has 1 aromatic carbocycles. The fourth-order valence-corrected chi connectivity index (χ4v) is 2.81. The van der Waals surface area contributed by atoms with Gasteiger partial charge in [0.25, 0.3) is 0 Å². The highest BCUT2D eigenvalue weighted by atomic mass is 19.4. The van der Waals surface area contributed by atoms with Crippen LogP contribution in [0.5, 0.6) is 0 Å². The van der Waals surface area contributed by atoms with Crippen LogP contribution in [-0.2, 0) is 6.18 Å². The average molecular weight is 297 g/mol. The van der Waals surface area contributed by atoms with E-state index in [4.69, 9.17) is 0 Å². The van der Waals surface area contributed by atoms with Gasteiger partial charge >= 0.3 is 6.18 Å². The Hall–Kier alpha value is -1.72. The van der Waals surface area contributed by atoms with Gasteiger partial charge in [-0.3, -0.25) is 4.99 Å². The normalized spacial score (nSPS) is 28.6. The Labute approximate surface area is 121 Å². The number of alkyl halides is 3. The number of hydrogen-bond acceptors (Lipinski definition) is 3. The van der Waals surface area contributed by atoms with Crippen LogP contribution >= 0.6 is 0 Å².